The van der Waals surface area contributed by atoms with E-state index in [-0.39, 0.29) is 17.9 Å². The number of anilines is 2. The first-order valence-electron chi connectivity index (χ1n) is 6.48. The number of aromatic nitrogens is 1. The first-order valence-corrected chi connectivity index (χ1v) is 6.86. The molecule has 2 aliphatic rings. The number of halogens is 1. The Balaban J connectivity index is 1.96. The molecule has 1 amide bonds. The molecule has 1 aromatic rings. The van der Waals surface area contributed by atoms with Gasteiger partial charge in [0.2, 0.25) is 5.91 Å². The van der Waals surface area contributed by atoms with Gasteiger partial charge in [0.1, 0.15) is 5.15 Å². The molecule has 0 bridgehead atoms. The van der Waals surface area contributed by atoms with Gasteiger partial charge in [-0.2, -0.15) is 0 Å². The van der Waals surface area contributed by atoms with Gasteiger partial charge in [-0.3, -0.25) is 4.79 Å². The van der Waals surface area contributed by atoms with Crippen molar-refractivity contribution in [3.8, 4) is 0 Å². The van der Waals surface area contributed by atoms with E-state index in [1.807, 2.05) is 0 Å². The van der Waals surface area contributed by atoms with Gasteiger partial charge in [0.15, 0.2) is 5.82 Å². The molecule has 1 aliphatic heterocycles. The lowest BCUT2D eigenvalue weighted by atomic mass is 9.94. The molecule has 4 nitrogen and oxygen atoms in total. The molecule has 2 unspecified atom stereocenters. The van der Waals surface area contributed by atoms with E-state index < -0.39 is 0 Å². The lowest BCUT2D eigenvalue weighted by Crippen LogP contribution is -2.34. The van der Waals surface area contributed by atoms with Crippen LogP contribution in [0.25, 0.3) is 0 Å². The molecule has 1 saturated carbocycles. The van der Waals surface area contributed by atoms with Crippen LogP contribution in [0, 0.1) is 5.92 Å². The number of amides is 1. The lowest BCUT2D eigenvalue weighted by molar-refractivity contribution is -0.120. The summed E-state index contributed by atoms with van der Waals surface area (Å²) in [6.07, 6.45) is 5.47. The van der Waals surface area contributed by atoms with Gasteiger partial charge in [0.05, 0.1) is 11.6 Å². The summed E-state index contributed by atoms with van der Waals surface area (Å²) in [6.45, 7) is 0. The van der Waals surface area contributed by atoms with Crippen LogP contribution in [0.2, 0.25) is 5.15 Å². The van der Waals surface area contributed by atoms with E-state index in [0.29, 0.717) is 11.0 Å². The van der Waals surface area contributed by atoms with Gasteiger partial charge in [0.25, 0.3) is 0 Å². The second kappa shape index (κ2) is 4.76. The summed E-state index contributed by atoms with van der Waals surface area (Å²) in [7, 11) is 0. The van der Waals surface area contributed by atoms with Gasteiger partial charge in [0, 0.05) is 6.04 Å². The molecule has 2 N–H and O–H groups in total. The summed E-state index contributed by atoms with van der Waals surface area (Å²) in [5.41, 5.74) is 0.734. The van der Waals surface area contributed by atoms with E-state index in [2.05, 4.69) is 15.6 Å². The molecule has 0 saturated heterocycles. The number of rotatable bonds is 0. The third-order valence-electron chi connectivity index (χ3n) is 3.79. The van der Waals surface area contributed by atoms with Crippen LogP contribution in [0.4, 0.5) is 11.5 Å². The van der Waals surface area contributed by atoms with E-state index in [1.165, 1.54) is 6.42 Å². The van der Waals surface area contributed by atoms with Crippen molar-refractivity contribution in [3.05, 3.63) is 17.3 Å². The van der Waals surface area contributed by atoms with Crippen LogP contribution >= 0.6 is 11.6 Å². The molecule has 2 heterocycles. The van der Waals surface area contributed by atoms with Crippen LogP contribution in [0.1, 0.15) is 32.1 Å². The first kappa shape index (κ1) is 11.8. The van der Waals surface area contributed by atoms with E-state index >= 15 is 0 Å². The zero-order valence-corrected chi connectivity index (χ0v) is 10.8. The van der Waals surface area contributed by atoms with Gasteiger partial charge in [-0.05, 0) is 25.0 Å². The van der Waals surface area contributed by atoms with Gasteiger partial charge in [-0.25, -0.2) is 4.98 Å². The highest BCUT2D eigenvalue weighted by atomic mass is 35.5. The molecule has 1 aliphatic carbocycles. The highest BCUT2D eigenvalue weighted by Crippen LogP contribution is 2.33. The summed E-state index contributed by atoms with van der Waals surface area (Å²) in [4.78, 5) is 16.5. The van der Waals surface area contributed by atoms with Gasteiger partial charge < -0.3 is 10.6 Å². The maximum atomic E-state index is 12.2. The quantitative estimate of drug-likeness (QED) is 0.709. The van der Waals surface area contributed by atoms with Crippen molar-refractivity contribution >= 4 is 29.0 Å². The highest BCUT2D eigenvalue weighted by molar-refractivity contribution is 6.29. The largest absolute Gasteiger partial charge is 0.365 e. The van der Waals surface area contributed by atoms with Gasteiger partial charge in [-0.1, -0.05) is 30.9 Å². The topological polar surface area (TPSA) is 54.0 Å². The Kier molecular flexibility index (Phi) is 3.12. The summed E-state index contributed by atoms with van der Waals surface area (Å²) in [6, 6.07) is 3.68. The Labute approximate surface area is 111 Å². The van der Waals surface area contributed by atoms with E-state index in [1.54, 1.807) is 12.1 Å². The van der Waals surface area contributed by atoms with Crippen molar-refractivity contribution in [2.75, 3.05) is 10.6 Å². The number of fused-ring (bicyclic) bond motifs is 2. The van der Waals surface area contributed by atoms with E-state index in [0.717, 1.165) is 31.4 Å². The van der Waals surface area contributed by atoms with Crippen LogP contribution in [0.5, 0.6) is 0 Å². The lowest BCUT2D eigenvalue weighted by Gasteiger charge is -2.21. The third-order valence-corrected chi connectivity index (χ3v) is 4.00. The zero-order valence-electron chi connectivity index (χ0n) is 10.1. The SMILES string of the molecule is O=C1Nc2ccc(Cl)nc2NC2CCCCCC12. The Morgan fingerprint density at radius 1 is 1.22 bits per heavy atom. The molecular weight excluding hydrogens is 250 g/mol. The van der Waals surface area contributed by atoms with E-state index in [4.69, 9.17) is 11.6 Å². The van der Waals surface area contributed by atoms with Crippen molar-refractivity contribution in [2.45, 2.75) is 38.1 Å². The van der Waals surface area contributed by atoms with Crippen molar-refractivity contribution in [2.24, 2.45) is 5.92 Å². The fraction of sp³-hybridized carbons (Fsp3) is 0.538. The Hall–Kier alpha value is -1.29. The van der Waals surface area contributed by atoms with Crippen molar-refractivity contribution in [3.63, 3.8) is 0 Å². The molecule has 96 valence electrons. The summed E-state index contributed by atoms with van der Waals surface area (Å²) >= 11 is 5.91. The maximum absolute atomic E-state index is 12.2. The standard InChI is InChI=1S/C13H16ClN3O/c14-11-7-6-10-12(17-11)15-9-5-3-1-2-4-8(9)13(18)16-10/h6-9H,1-5H2,(H,15,17)(H,16,18). The number of carbonyl (C=O) groups is 1. The van der Waals surface area contributed by atoms with Crippen LogP contribution in [0.3, 0.4) is 0 Å². The second-order valence-electron chi connectivity index (χ2n) is 5.01. The van der Waals surface area contributed by atoms with Crippen LogP contribution in [-0.4, -0.2) is 16.9 Å². The average molecular weight is 266 g/mol. The van der Waals surface area contributed by atoms with E-state index in [9.17, 15) is 4.79 Å². The van der Waals surface area contributed by atoms with Crippen molar-refractivity contribution < 1.29 is 4.79 Å². The smallest absolute Gasteiger partial charge is 0.229 e. The molecule has 0 spiro atoms. The molecule has 1 fully saturated rings. The molecule has 0 radical (unpaired) electrons. The Bertz CT molecular complexity index is 477. The molecule has 2 atom stereocenters. The summed E-state index contributed by atoms with van der Waals surface area (Å²) < 4.78 is 0. The van der Waals surface area contributed by atoms with Crippen LogP contribution < -0.4 is 10.6 Å². The summed E-state index contributed by atoms with van der Waals surface area (Å²) in [5.74, 6) is 0.850. The van der Waals surface area contributed by atoms with Crippen LogP contribution in [-0.2, 0) is 4.79 Å². The number of carbonyl (C=O) groups excluding carboxylic acids is 1. The van der Waals surface area contributed by atoms with Crippen molar-refractivity contribution in [1.82, 2.24) is 4.98 Å². The minimum absolute atomic E-state index is 0.0421. The minimum Gasteiger partial charge on any atom is -0.365 e. The zero-order chi connectivity index (χ0) is 12.5. The molecule has 1 aromatic heterocycles. The number of hydrogen-bond acceptors (Lipinski definition) is 3. The molecule has 5 heteroatoms. The molecular formula is C13H16ClN3O. The monoisotopic (exact) mass is 265 g/mol. The van der Waals surface area contributed by atoms with Gasteiger partial charge >= 0.3 is 0 Å². The maximum Gasteiger partial charge on any atom is 0.229 e. The predicted molar refractivity (Wildman–Crippen MR) is 71.9 cm³/mol. The Morgan fingerprint density at radius 2 is 2.06 bits per heavy atom. The highest BCUT2D eigenvalue weighted by Gasteiger charge is 2.33. The minimum atomic E-state index is 0.0421. The van der Waals surface area contributed by atoms with Crippen LogP contribution in [0.15, 0.2) is 12.1 Å². The Morgan fingerprint density at radius 3 is 2.94 bits per heavy atom. The number of hydrogen-bond donors (Lipinski definition) is 2. The molecule has 3 rings (SSSR count). The number of pyridine rings is 1. The third kappa shape index (κ3) is 2.17. The fourth-order valence-corrected chi connectivity index (χ4v) is 2.99. The molecule has 18 heavy (non-hydrogen) atoms. The van der Waals surface area contributed by atoms with Crippen molar-refractivity contribution in [1.29, 1.82) is 0 Å². The van der Waals surface area contributed by atoms with Gasteiger partial charge in [-0.15, -0.1) is 0 Å². The normalized spacial score (nSPS) is 27.1. The fourth-order valence-electron chi connectivity index (χ4n) is 2.84. The first-order chi connectivity index (χ1) is 8.74. The summed E-state index contributed by atoms with van der Waals surface area (Å²) in [5, 5.41) is 6.79. The average Bonchev–Trinajstić information content (AvgIpc) is 2.63. The number of nitrogens with zero attached hydrogens (tertiary/aromatic N) is 1. The molecule has 0 aromatic carbocycles. The predicted octanol–water partition coefficient (Wildman–Crippen LogP) is 3.05. The number of nitrogens with one attached hydrogen (secondary N) is 2. The second-order valence-corrected chi connectivity index (χ2v) is 5.40.